The molecular formula is C3H10BIO4. The molecule has 56 valence electrons. The van der Waals surface area contributed by atoms with Crippen LogP contribution in [0.1, 0.15) is 13.8 Å². The van der Waals surface area contributed by atoms with E-state index in [1.165, 1.54) is 13.8 Å². The van der Waals surface area contributed by atoms with Gasteiger partial charge in [-0.25, -0.2) is 0 Å². The topological polar surface area (TPSA) is 77.8 Å². The number of hydrogen-bond acceptors (Lipinski definition) is 4. The van der Waals surface area contributed by atoms with Gasteiger partial charge in [0.05, 0.1) is 0 Å². The lowest BCUT2D eigenvalue weighted by Crippen LogP contribution is -2.07. The predicted molar refractivity (Wildman–Crippen MR) is 44.2 cm³/mol. The average Bonchev–Trinajstić information content (AvgIpc) is 1.25. The van der Waals surface area contributed by atoms with Gasteiger partial charge in [-0.05, 0) is 13.8 Å². The number of carbonyl (C=O) groups excluding carboxylic acids is 1. The first-order valence-corrected chi connectivity index (χ1v) is 1.98. The van der Waals surface area contributed by atoms with Gasteiger partial charge in [-0.2, -0.15) is 0 Å². The Morgan fingerprint density at radius 2 is 1.22 bits per heavy atom. The molecule has 0 aliphatic rings. The van der Waals surface area contributed by atoms with Crippen LogP contribution in [0.15, 0.2) is 0 Å². The highest BCUT2D eigenvalue weighted by Crippen LogP contribution is 1.50. The number of Topliss-reactive ketones (excluding diaryl/α,β-unsaturated/α-hetero) is 1. The molecule has 0 amide bonds. The summed E-state index contributed by atoms with van der Waals surface area (Å²) in [5.74, 6) is 0.167. The molecule has 0 heterocycles. The maximum Gasteiger partial charge on any atom is 0.631 e. The molecule has 6 heteroatoms. The van der Waals surface area contributed by atoms with E-state index in [9.17, 15) is 4.79 Å². The van der Waals surface area contributed by atoms with Crippen molar-refractivity contribution in [2.75, 3.05) is 0 Å². The smallest absolute Gasteiger partial charge is 0.402 e. The molecule has 0 unspecified atom stereocenters. The quantitative estimate of drug-likeness (QED) is 0.386. The summed E-state index contributed by atoms with van der Waals surface area (Å²) in [6.45, 7) is 3.06. The van der Waals surface area contributed by atoms with Crippen molar-refractivity contribution in [1.29, 1.82) is 0 Å². The first-order valence-electron chi connectivity index (χ1n) is 1.98. The van der Waals surface area contributed by atoms with E-state index >= 15 is 0 Å². The van der Waals surface area contributed by atoms with Gasteiger partial charge in [0, 0.05) is 0 Å². The lowest BCUT2D eigenvalue weighted by molar-refractivity contribution is -0.114. The van der Waals surface area contributed by atoms with E-state index in [-0.39, 0.29) is 29.8 Å². The molecular weight excluding hydrogens is 238 g/mol. The van der Waals surface area contributed by atoms with E-state index in [1.54, 1.807) is 0 Å². The second kappa shape index (κ2) is 11.2. The predicted octanol–water partition coefficient (Wildman–Crippen LogP) is -0.839. The third-order valence-electron chi connectivity index (χ3n) is 0. The molecule has 0 bridgehead atoms. The van der Waals surface area contributed by atoms with Gasteiger partial charge in [-0.15, -0.1) is 24.0 Å². The monoisotopic (exact) mass is 248 g/mol. The zero-order valence-corrected chi connectivity index (χ0v) is 7.57. The molecule has 0 fully saturated rings. The summed E-state index contributed by atoms with van der Waals surface area (Å²) < 4.78 is 0. The summed E-state index contributed by atoms with van der Waals surface area (Å²) in [4.78, 5) is 9.44. The summed E-state index contributed by atoms with van der Waals surface area (Å²) >= 11 is 0. The minimum absolute atomic E-state index is 0. The summed E-state index contributed by atoms with van der Waals surface area (Å²) in [5, 5.41) is 21.5. The molecule has 0 aromatic rings. The van der Waals surface area contributed by atoms with Gasteiger partial charge in [0.2, 0.25) is 0 Å². The van der Waals surface area contributed by atoms with Gasteiger partial charge < -0.3 is 19.9 Å². The van der Waals surface area contributed by atoms with Crippen LogP contribution in [-0.2, 0) is 4.79 Å². The van der Waals surface area contributed by atoms with Crippen molar-refractivity contribution in [1.82, 2.24) is 0 Å². The summed E-state index contributed by atoms with van der Waals surface area (Å²) in [6, 6.07) is 0. The van der Waals surface area contributed by atoms with Crippen LogP contribution < -0.4 is 0 Å². The van der Waals surface area contributed by atoms with Crippen molar-refractivity contribution >= 4 is 37.1 Å². The Morgan fingerprint density at radius 1 is 1.22 bits per heavy atom. The lowest BCUT2D eigenvalue weighted by Gasteiger charge is -1.69. The van der Waals surface area contributed by atoms with Gasteiger partial charge in [-0.1, -0.05) is 0 Å². The SMILES string of the molecule is CC(C)=O.I.OB(O)O. The Kier molecular flexibility index (Phi) is 20.1. The van der Waals surface area contributed by atoms with Crippen molar-refractivity contribution in [3.63, 3.8) is 0 Å². The van der Waals surface area contributed by atoms with Crippen LogP contribution >= 0.6 is 24.0 Å². The highest BCUT2D eigenvalue weighted by Gasteiger charge is 1.92. The number of rotatable bonds is 0. The minimum atomic E-state index is -2.17. The normalized spacial score (nSPS) is 5.89. The molecule has 4 nitrogen and oxygen atoms in total. The van der Waals surface area contributed by atoms with Crippen molar-refractivity contribution in [2.45, 2.75) is 13.8 Å². The molecule has 0 spiro atoms. The van der Waals surface area contributed by atoms with Crippen LogP contribution in [0.3, 0.4) is 0 Å². The maximum atomic E-state index is 9.44. The van der Waals surface area contributed by atoms with Crippen LogP contribution in [0.5, 0.6) is 0 Å². The van der Waals surface area contributed by atoms with E-state index < -0.39 is 7.32 Å². The van der Waals surface area contributed by atoms with Gasteiger partial charge in [0.25, 0.3) is 0 Å². The van der Waals surface area contributed by atoms with E-state index in [4.69, 9.17) is 15.1 Å². The van der Waals surface area contributed by atoms with Crippen LogP contribution in [0.2, 0.25) is 0 Å². The second-order valence-corrected chi connectivity index (χ2v) is 1.25. The third kappa shape index (κ3) is 2820. The number of ketones is 1. The van der Waals surface area contributed by atoms with Crippen molar-refractivity contribution < 1.29 is 19.9 Å². The van der Waals surface area contributed by atoms with E-state index in [1.807, 2.05) is 0 Å². The Morgan fingerprint density at radius 3 is 1.22 bits per heavy atom. The molecule has 0 rings (SSSR count). The number of carbonyl (C=O) groups is 1. The zero-order valence-electron chi connectivity index (χ0n) is 5.24. The molecule has 0 aliphatic carbocycles. The third-order valence-corrected chi connectivity index (χ3v) is 0. The fourth-order valence-electron chi connectivity index (χ4n) is 0. The fourth-order valence-corrected chi connectivity index (χ4v) is 0. The minimum Gasteiger partial charge on any atom is -0.402 e. The summed E-state index contributed by atoms with van der Waals surface area (Å²) in [5.41, 5.74) is 0. The highest BCUT2D eigenvalue weighted by atomic mass is 127. The summed E-state index contributed by atoms with van der Waals surface area (Å²) in [7, 11) is -2.17. The highest BCUT2D eigenvalue weighted by molar-refractivity contribution is 14.0. The van der Waals surface area contributed by atoms with E-state index in [2.05, 4.69) is 0 Å². The standard InChI is InChI=1S/C3H6O.BH3O3.HI/c1-3(2)4;2-1(3)4;/h1-2H3;2-4H;1H. The van der Waals surface area contributed by atoms with Gasteiger partial charge in [0.15, 0.2) is 0 Å². The van der Waals surface area contributed by atoms with Crippen LogP contribution in [0.25, 0.3) is 0 Å². The fraction of sp³-hybridized carbons (Fsp3) is 0.667. The Hall–Kier alpha value is 0.345. The van der Waals surface area contributed by atoms with Gasteiger partial charge in [0.1, 0.15) is 5.78 Å². The van der Waals surface area contributed by atoms with Crippen molar-refractivity contribution in [3.05, 3.63) is 0 Å². The van der Waals surface area contributed by atoms with Crippen LogP contribution in [-0.4, -0.2) is 28.2 Å². The molecule has 9 heavy (non-hydrogen) atoms. The zero-order chi connectivity index (χ0) is 7.15. The molecule has 0 aliphatic heterocycles. The molecule has 0 saturated carbocycles. The van der Waals surface area contributed by atoms with Crippen molar-refractivity contribution in [3.8, 4) is 0 Å². The molecule has 0 aromatic carbocycles. The lowest BCUT2D eigenvalue weighted by atomic mass is 10.3. The van der Waals surface area contributed by atoms with Crippen LogP contribution in [0, 0.1) is 0 Å². The van der Waals surface area contributed by atoms with E-state index in [0.717, 1.165) is 0 Å². The average molecular weight is 248 g/mol. The Labute approximate surface area is 71.1 Å². The molecule has 3 N–H and O–H groups in total. The largest absolute Gasteiger partial charge is 0.631 e. The van der Waals surface area contributed by atoms with E-state index in [0.29, 0.717) is 0 Å². The Balaban J connectivity index is -0.0000000720. The van der Waals surface area contributed by atoms with Gasteiger partial charge >= 0.3 is 7.32 Å². The van der Waals surface area contributed by atoms with Crippen LogP contribution in [0.4, 0.5) is 0 Å². The molecule has 0 saturated heterocycles. The second-order valence-electron chi connectivity index (χ2n) is 1.25. The number of hydrogen-bond donors (Lipinski definition) is 3. The molecule has 0 radical (unpaired) electrons. The molecule has 0 atom stereocenters. The van der Waals surface area contributed by atoms with Crippen molar-refractivity contribution in [2.24, 2.45) is 0 Å². The maximum absolute atomic E-state index is 9.44. The summed E-state index contributed by atoms with van der Waals surface area (Å²) in [6.07, 6.45) is 0. The first kappa shape index (κ1) is 16.2. The van der Waals surface area contributed by atoms with Gasteiger partial charge in [-0.3, -0.25) is 0 Å². The number of halogens is 1. The Bertz CT molecular complexity index is 60.1. The first-order chi connectivity index (χ1) is 3.46. The molecule has 0 aromatic heterocycles.